The Hall–Kier alpha value is -1.05. The van der Waals surface area contributed by atoms with Crippen LogP contribution in [-0.4, -0.2) is 13.1 Å². The van der Waals surface area contributed by atoms with Crippen molar-refractivity contribution in [3.63, 3.8) is 0 Å². The van der Waals surface area contributed by atoms with Crippen molar-refractivity contribution in [1.82, 2.24) is 0 Å². The smallest absolute Gasteiger partial charge is 0.333 e. The van der Waals surface area contributed by atoms with Gasteiger partial charge in [0.25, 0.3) is 0 Å². The van der Waals surface area contributed by atoms with Crippen molar-refractivity contribution in [2.75, 3.05) is 7.11 Å². The second-order valence-corrected chi connectivity index (χ2v) is 4.63. The van der Waals surface area contributed by atoms with Gasteiger partial charge in [0.15, 0.2) is 0 Å². The lowest BCUT2D eigenvalue weighted by molar-refractivity contribution is -0.136. The van der Waals surface area contributed by atoms with Gasteiger partial charge in [-0.3, -0.25) is 0 Å². The molecular formula is C12H18O2. The highest BCUT2D eigenvalue weighted by Crippen LogP contribution is 2.32. The summed E-state index contributed by atoms with van der Waals surface area (Å²) in [6.07, 6.45) is 5.70. The van der Waals surface area contributed by atoms with E-state index in [-0.39, 0.29) is 11.4 Å². The maximum atomic E-state index is 11.2. The second-order valence-electron chi connectivity index (χ2n) is 4.63. The molecule has 78 valence electrons. The van der Waals surface area contributed by atoms with Gasteiger partial charge in [0.2, 0.25) is 0 Å². The Morgan fingerprint density at radius 1 is 1.29 bits per heavy atom. The molecule has 0 spiro atoms. The van der Waals surface area contributed by atoms with Gasteiger partial charge in [0.1, 0.15) is 0 Å². The van der Waals surface area contributed by atoms with Crippen LogP contribution in [-0.2, 0) is 9.53 Å². The summed E-state index contributed by atoms with van der Waals surface area (Å²) >= 11 is 0. The Bertz CT molecular complexity index is 290. The summed E-state index contributed by atoms with van der Waals surface area (Å²) in [7, 11) is 1.42. The number of carbonyl (C=O) groups is 1. The number of ether oxygens (including phenoxy) is 1. The summed E-state index contributed by atoms with van der Waals surface area (Å²) in [6, 6.07) is 0. The first kappa shape index (κ1) is 11.0. The molecule has 0 saturated heterocycles. The molecule has 2 heteroatoms. The van der Waals surface area contributed by atoms with Crippen LogP contribution in [0.2, 0.25) is 0 Å². The molecule has 0 aliphatic heterocycles. The van der Waals surface area contributed by atoms with E-state index in [9.17, 15) is 4.79 Å². The highest BCUT2D eigenvalue weighted by molar-refractivity contribution is 5.89. The number of carbonyl (C=O) groups excluding carboxylic acids is 1. The minimum Gasteiger partial charge on any atom is -0.466 e. The Kier molecular flexibility index (Phi) is 3.14. The molecule has 0 aromatic heterocycles. The number of allylic oxidation sites excluding steroid dienone is 3. The van der Waals surface area contributed by atoms with Crippen LogP contribution in [0.5, 0.6) is 0 Å². The van der Waals surface area contributed by atoms with Crippen LogP contribution in [0.25, 0.3) is 0 Å². The zero-order chi connectivity index (χ0) is 10.8. The minimum atomic E-state index is -0.200. The second kappa shape index (κ2) is 3.99. The molecule has 1 rings (SSSR count). The van der Waals surface area contributed by atoms with E-state index in [2.05, 4.69) is 31.6 Å². The van der Waals surface area contributed by atoms with Gasteiger partial charge < -0.3 is 4.74 Å². The zero-order valence-corrected chi connectivity index (χ0v) is 9.39. The van der Waals surface area contributed by atoms with E-state index < -0.39 is 0 Å². The lowest BCUT2D eigenvalue weighted by Crippen LogP contribution is -2.14. The molecule has 2 nitrogen and oxygen atoms in total. The SMILES string of the molecule is COC(=O)C1=CC=C(C(C)(C)C)CC1. The third-order valence-corrected chi connectivity index (χ3v) is 2.56. The van der Waals surface area contributed by atoms with Gasteiger partial charge >= 0.3 is 5.97 Å². The van der Waals surface area contributed by atoms with E-state index in [4.69, 9.17) is 0 Å². The summed E-state index contributed by atoms with van der Waals surface area (Å²) in [5, 5.41) is 0. The highest BCUT2D eigenvalue weighted by Gasteiger charge is 2.21. The summed E-state index contributed by atoms with van der Waals surface area (Å²) in [5.74, 6) is -0.200. The van der Waals surface area contributed by atoms with E-state index in [0.717, 1.165) is 18.4 Å². The molecule has 14 heavy (non-hydrogen) atoms. The van der Waals surface area contributed by atoms with Crippen molar-refractivity contribution in [3.05, 3.63) is 23.3 Å². The summed E-state index contributed by atoms with van der Waals surface area (Å²) < 4.78 is 4.67. The first-order valence-corrected chi connectivity index (χ1v) is 4.93. The molecular weight excluding hydrogens is 176 g/mol. The normalized spacial score (nSPS) is 17.1. The fraction of sp³-hybridized carbons (Fsp3) is 0.583. The maximum absolute atomic E-state index is 11.2. The number of hydrogen-bond acceptors (Lipinski definition) is 2. The van der Waals surface area contributed by atoms with Gasteiger partial charge in [-0.1, -0.05) is 38.5 Å². The molecule has 0 radical (unpaired) electrons. The van der Waals surface area contributed by atoms with Crippen LogP contribution >= 0.6 is 0 Å². The van der Waals surface area contributed by atoms with Gasteiger partial charge in [0, 0.05) is 5.57 Å². The Morgan fingerprint density at radius 3 is 2.29 bits per heavy atom. The fourth-order valence-electron chi connectivity index (χ4n) is 1.56. The van der Waals surface area contributed by atoms with Crippen molar-refractivity contribution in [1.29, 1.82) is 0 Å². The van der Waals surface area contributed by atoms with Crippen molar-refractivity contribution in [2.45, 2.75) is 33.6 Å². The molecule has 0 heterocycles. The van der Waals surface area contributed by atoms with Crippen molar-refractivity contribution >= 4 is 5.97 Å². The maximum Gasteiger partial charge on any atom is 0.333 e. The minimum absolute atomic E-state index is 0.200. The Balaban J connectivity index is 2.79. The van der Waals surface area contributed by atoms with E-state index in [0.29, 0.717) is 0 Å². The van der Waals surface area contributed by atoms with Crippen LogP contribution in [0.15, 0.2) is 23.3 Å². The van der Waals surface area contributed by atoms with Gasteiger partial charge in [-0.25, -0.2) is 4.79 Å². The largest absolute Gasteiger partial charge is 0.466 e. The third kappa shape index (κ3) is 2.47. The molecule has 0 N–H and O–H groups in total. The predicted octanol–water partition coefficient (Wildman–Crippen LogP) is 2.85. The molecule has 0 atom stereocenters. The Morgan fingerprint density at radius 2 is 1.93 bits per heavy atom. The van der Waals surface area contributed by atoms with Crippen LogP contribution < -0.4 is 0 Å². The first-order valence-electron chi connectivity index (χ1n) is 4.93. The summed E-state index contributed by atoms with van der Waals surface area (Å²) in [6.45, 7) is 6.57. The summed E-state index contributed by atoms with van der Waals surface area (Å²) in [4.78, 5) is 11.2. The molecule has 0 amide bonds. The predicted molar refractivity (Wildman–Crippen MR) is 56.9 cm³/mol. The van der Waals surface area contributed by atoms with Crippen LogP contribution in [0.4, 0.5) is 0 Å². The zero-order valence-electron chi connectivity index (χ0n) is 9.39. The van der Waals surface area contributed by atoms with Gasteiger partial charge in [-0.15, -0.1) is 0 Å². The monoisotopic (exact) mass is 194 g/mol. The van der Waals surface area contributed by atoms with E-state index in [1.807, 2.05) is 6.08 Å². The van der Waals surface area contributed by atoms with E-state index >= 15 is 0 Å². The molecule has 0 bridgehead atoms. The lowest BCUT2D eigenvalue weighted by atomic mass is 9.80. The average Bonchev–Trinajstić information content (AvgIpc) is 2.15. The van der Waals surface area contributed by atoms with Crippen LogP contribution in [0, 0.1) is 5.41 Å². The molecule has 0 saturated carbocycles. The lowest BCUT2D eigenvalue weighted by Gasteiger charge is -2.25. The van der Waals surface area contributed by atoms with Crippen LogP contribution in [0.3, 0.4) is 0 Å². The Labute approximate surface area is 85.6 Å². The quantitative estimate of drug-likeness (QED) is 0.600. The molecule has 0 fully saturated rings. The third-order valence-electron chi connectivity index (χ3n) is 2.56. The highest BCUT2D eigenvalue weighted by atomic mass is 16.5. The summed E-state index contributed by atoms with van der Waals surface area (Å²) in [5.41, 5.74) is 2.38. The molecule has 0 aromatic rings. The molecule has 1 aliphatic rings. The number of hydrogen-bond donors (Lipinski definition) is 0. The first-order chi connectivity index (χ1) is 6.45. The topological polar surface area (TPSA) is 26.3 Å². The van der Waals surface area contributed by atoms with Crippen molar-refractivity contribution in [3.8, 4) is 0 Å². The van der Waals surface area contributed by atoms with E-state index in [1.54, 1.807) is 0 Å². The van der Waals surface area contributed by atoms with Crippen molar-refractivity contribution in [2.24, 2.45) is 5.41 Å². The van der Waals surface area contributed by atoms with E-state index in [1.165, 1.54) is 12.7 Å². The molecule has 0 aromatic carbocycles. The fourth-order valence-corrected chi connectivity index (χ4v) is 1.56. The number of rotatable bonds is 1. The van der Waals surface area contributed by atoms with Gasteiger partial charge in [-0.05, 0) is 18.3 Å². The average molecular weight is 194 g/mol. The standard InChI is InChI=1S/C12H18O2/c1-12(2,3)10-7-5-9(6-8-10)11(13)14-4/h5,7H,6,8H2,1-4H3. The molecule has 1 aliphatic carbocycles. The van der Waals surface area contributed by atoms with Gasteiger partial charge in [-0.2, -0.15) is 0 Å². The van der Waals surface area contributed by atoms with Crippen LogP contribution in [0.1, 0.15) is 33.6 Å². The molecule has 0 unspecified atom stereocenters. The number of methoxy groups -OCH3 is 1. The number of esters is 1. The van der Waals surface area contributed by atoms with Crippen molar-refractivity contribution < 1.29 is 9.53 Å². The van der Waals surface area contributed by atoms with Gasteiger partial charge in [0.05, 0.1) is 7.11 Å².